The summed E-state index contributed by atoms with van der Waals surface area (Å²) < 4.78 is 28.8. The van der Waals surface area contributed by atoms with Crippen molar-refractivity contribution in [3.05, 3.63) is 92.9 Å². The fourth-order valence-electron chi connectivity index (χ4n) is 3.97. The lowest BCUT2D eigenvalue weighted by Crippen LogP contribution is -2.54. The van der Waals surface area contributed by atoms with Crippen LogP contribution < -0.4 is 9.62 Å². The topological polar surface area (TPSA) is 86.8 Å². The molecule has 3 aromatic rings. The minimum absolute atomic E-state index is 0.00740. The largest absolute Gasteiger partial charge is 0.350 e. The molecular weight excluding hydrogens is 593 g/mol. The molecule has 0 aliphatic rings. The van der Waals surface area contributed by atoms with E-state index in [9.17, 15) is 18.0 Å². The number of carbonyl (C=O) groups is 2. The van der Waals surface area contributed by atoms with Crippen molar-refractivity contribution < 1.29 is 18.0 Å². The van der Waals surface area contributed by atoms with Crippen molar-refractivity contribution >= 4 is 62.3 Å². The molecule has 11 heteroatoms. The van der Waals surface area contributed by atoms with Crippen LogP contribution in [-0.2, 0) is 26.2 Å². The zero-order valence-electron chi connectivity index (χ0n) is 22.9. The van der Waals surface area contributed by atoms with Crippen molar-refractivity contribution in [3.63, 3.8) is 0 Å². The van der Waals surface area contributed by atoms with Gasteiger partial charge in [0.1, 0.15) is 12.6 Å². The highest BCUT2D eigenvalue weighted by Crippen LogP contribution is 2.30. The Kier molecular flexibility index (Phi) is 10.2. The van der Waals surface area contributed by atoms with Gasteiger partial charge in [0, 0.05) is 27.2 Å². The van der Waals surface area contributed by atoms with Gasteiger partial charge in [-0.25, -0.2) is 8.42 Å². The summed E-state index contributed by atoms with van der Waals surface area (Å²) in [6, 6.07) is 16.5. The van der Waals surface area contributed by atoms with E-state index >= 15 is 0 Å². The van der Waals surface area contributed by atoms with E-state index in [1.807, 2.05) is 20.8 Å². The lowest BCUT2D eigenvalue weighted by atomic mass is 10.1. The zero-order valence-corrected chi connectivity index (χ0v) is 26.0. The summed E-state index contributed by atoms with van der Waals surface area (Å²) in [6.45, 7) is 8.16. The number of hydrogen-bond acceptors (Lipinski definition) is 4. The molecule has 0 saturated heterocycles. The molecule has 0 radical (unpaired) electrons. The number of benzene rings is 3. The Labute approximate surface area is 251 Å². The van der Waals surface area contributed by atoms with E-state index in [1.54, 1.807) is 62.4 Å². The Hall–Kier alpha value is -2.78. The summed E-state index contributed by atoms with van der Waals surface area (Å²) in [6.07, 6.45) is 0. The Bertz CT molecular complexity index is 1490. The molecule has 2 amide bonds. The highest BCUT2D eigenvalue weighted by atomic mass is 35.5. The fourth-order valence-corrected chi connectivity index (χ4v) is 6.10. The first kappa shape index (κ1) is 31.7. The Balaban J connectivity index is 2.09. The molecule has 0 bridgehead atoms. The van der Waals surface area contributed by atoms with Crippen LogP contribution in [0.15, 0.2) is 71.6 Å². The molecule has 0 fully saturated rings. The lowest BCUT2D eigenvalue weighted by molar-refractivity contribution is -0.140. The highest BCUT2D eigenvalue weighted by Gasteiger charge is 2.34. The summed E-state index contributed by atoms with van der Waals surface area (Å²) in [5.74, 6) is -1.01. The second kappa shape index (κ2) is 12.8. The van der Waals surface area contributed by atoms with Gasteiger partial charge in [-0.2, -0.15) is 0 Å². The number of nitrogens with zero attached hydrogens (tertiary/aromatic N) is 2. The highest BCUT2D eigenvalue weighted by molar-refractivity contribution is 7.92. The van der Waals surface area contributed by atoms with Gasteiger partial charge in [-0.1, -0.05) is 65.1 Å². The third kappa shape index (κ3) is 7.91. The van der Waals surface area contributed by atoms with Crippen LogP contribution in [0.2, 0.25) is 15.1 Å². The standard InChI is InChI=1S/C29H32Cl3N3O4S/c1-19-11-13-23(31)16-26(19)35(40(38,39)24-9-7-6-8-10-24)18-27(36)34(20(2)28(37)33-29(3,4)5)17-21-12-14-22(30)15-25(21)32/h6-16,20H,17-18H2,1-5H3,(H,33,37)/t20-/m1/s1. The zero-order chi connectivity index (χ0) is 29.8. The molecule has 0 aliphatic heterocycles. The first-order chi connectivity index (χ1) is 18.6. The number of anilines is 1. The maximum absolute atomic E-state index is 14.0. The van der Waals surface area contributed by atoms with Crippen LogP contribution in [0.1, 0.15) is 38.8 Å². The lowest BCUT2D eigenvalue weighted by Gasteiger charge is -2.34. The van der Waals surface area contributed by atoms with E-state index in [4.69, 9.17) is 34.8 Å². The summed E-state index contributed by atoms with van der Waals surface area (Å²) in [5, 5.41) is 3.93. The number of aryl methyl sites for hydroxylation is 1. The molecule has 40 heavy (non-hydrogen) atoms. The van der Waals surface area contributed by atoms with E-state index in [-0.39, 0.29) is 17.1 Å². The van der Waals surface area contributed by atoms with Gasteiger partial charge in [0.25, 0.3) is 10.0 Å². The quantitative estimate of drug-likeness (QED) is 0.295. The normalized spacial score (nSPS) is 12.5. The molecule has 0 aliphatic carbocycles. The molecule has 7 nitrogen and oxygen atoms in total. The third-order valence-corrected chi connectivity index (χ3v) is 8.67. The van der Waals surface area contributed by atoms with Crippen LogP contribution >= 0.6 is 34.8 Å². The minimum Gasteiger partial charge on any atom is -0.350 e. The van der Waals surface area contributed by atoms with Crippen LogP contribution in [0.25, 0.3) is 0 Å². The molecule has 214 valence electrons. The maximum atomic E-state index is 14.0. The van der Waals surface area contributed by atoms with Crippen LogP contribution in [0.4, 0.5) is 5.69 Å². The second-order valence-corrected chi connectivity index (χ2v) is 13.6. The van der Waals surface area contributed by atoms with Gasteiger partial charge in [-0.3, -0.25) is 13.9 Å². The van der Waals surface area contributed by atoms with Crippen LogP contribution in [0.5, 0.6) is 0 Å². The second-order valence-electron chi connectivity index (χ2n) is 10.4. The monoisotopic (exact) mass is 623 g/mol. The predicted octanol–water partition coefficient (Wildman–Crippen LogP) is 6.48. The van der Waals surface area contributed by atoms with Crippen molar-refractivity contribution in [1.82, 2.24) is 10.2 Å². The average molecular weight is 625 g/mol. The van der Waals surface area contributed by atoms with E-state index in [1.165, 1.54) is 23.1 Å². The molecule has 0 spiro atoms. The van der Waals surface area contributed by atoms with E-state index in [0.717, 1.165) is 4.31 Å². The first-order valence-corrected chi connectivity index (χ1v) is 15.1. The van der Waals surface area contributed by atoms with E-state index in [2.05, 4.69) is 5.32 Å². The van der Waals surface area contributed by atoms with Gasteiger partial charge in [0.05, 0.1) is 10.6 Å². The Morgan fingerprint density at radius 2 is 1.52 bits per heavy atom. The summed E-state index contributed by atoms with van der Waals surface area (Å²) in [7, 11) is -4.20. The van der Waals surface area contributed by atoms with Crippen molar-refractivity contribution in [2.24, 2.45) is 0 Å². The molecule has 3 rings (SSSR count). The number of rotatable bonds is 9. The number of carbonyl (C=O) groups excluding carboxylic acids is 2. The Morgan fingerprint density at radius 3 is 2.12 bits per heavy atom. The van der Waals surface area contributed by atoms with Crippen molar-refractivity contribution in [3.8, 4) is 0 Å². The molecule has 3 aromatic carbocycles. The first-order valence-electron chi connectivity index (χ1n) is 12.5. The van der Waals surface area contributed by atoms with Crippen LogP contribution in [-0.4, -0.2) is 43.3 Å². The van der Waals surface area contributed by atoms with Gasteiger partial charge in [-0.15, -0.1) is 0 Å². The average Bonchev–Trinajstić information content (AvgIpc) is 2.87. The summed E-state index contributed by atoms with van der Waals surface area (Å²) in [4.78, 5) is 28.5. The minimum atomic E-state index is -4.20. The number of halogens is 3. The number of hydrogen-bond donors (Lipinski definition) is 1. The van der Waals surface area contributed by atoms with Gasteiger partial charge in [0.2, 0.25) is 11.8 Å². The molecule has 1 N–H and O–H groups in total. The molecular formula is C29H32Cl3N3O4S. The van der Waals surface area contributed by atoms with E-state index in [0.29, 0.717) is 26.2 Å². The van der Waals surface area contributed by atoms with Crippen molar-refractivity contribution in [2.45, 2.75) is 57.6 Å². The molecule has 0 unspecified atom stereocenters. The molecule has 1 atom stereocenters. The Morgan fingerprint density at radius 1 is 0.925 bits per heavy atom. The maximum Gasteiger partial charge on any atom is 0.264 e. The van der Waals surface area contributed by atoms with Crippen molar-refractivity contribution in [2.75, 3.05) is 10.8 Å². The smallest absolute Gasteiger partial charge is 0.264 e. The number of amides is 2. The predicted molar refractivity (Wildman–Crippen MR) is 162 cm³/mol. The van der Waals surface area contributed by atoms with Gasteiger partial charge in [0.15, 0.2) is 0 Å². The van der Waals surface area contributed by atoms with E-state index < -0.39 is 40.0 Å². The van der Waals surface area contributed by atoms with Crippen LogP contribution in [0, 0.1) is 6.92 Å². The number of sulfonamides is 1. The van der Waals surface area contributed by atoms with Crippen molar-refractivity contribution in [1.29, 1.82) is 0 Å². The van der Waals surface area contributed by atoms with Gasteiger partial charge < -0.3 is 10.2 Å². The summed E-state index contributed by atoms with van der Waals surface area (Å²) in [5.41, 5.74) is 0.841. The molecule has 0 aromatic heterocycles. The van der Waals surface area contributed by atoms with Crippen LogP contribution in [0.3, 0.4) is 0 Å². The molecule has 0 saturated carbocycles. The third-order valence-electron chi connectivity index (χ3n) is 6.07. The van der Waals surface area contributed by atoms with Gasteiger partial charge >= 0.3 is 0 Å². The SMILES string of the molecule is Cc1ccc(Cl)cc1N(CC(=O)N(Cc1ccc(Cl)cc1Cl)[C@H](C)C(=O)NC(C)(C)C)S(=O)(=O)c1ccccc1. The molecule has 0 heterocycles. The number of nitrogens with one attached hydrogen (secondary N) is 1. The summed E-state index contributed by atoms with van der Waals surface area (Å²) >= 11 is 18.7. The van der Waals surface area contributed by atoms with Gasteiger partial charge in [-0.05, 0) is 82.1 Å². The fraction of sp³-hybridized carbons (Fsp3) is 0.310.